The molecule has 0 bridgehead atoms. The Morgan fingerprint density at radius 3 is 2.55 bits per heavy atom. The predicted octanol–water partition coefficient (Wildman–Crippen LogP) is 2.40. The molecular formula is C14H24ClN5. The van der Waals surface area contributed by atoms with E-state index in [9.17, 15) is 0 Å². The van der Waals surface area contributed by atoms with Gasteiger partial charge in [-0.3, -0.25) is 15.0 Å². The molecule has 0 radical (unpaired) electrons. The second kappa shape index (κ2) is 5.74. The van der Waals surface area contributed by atoms with Crippen LogP contribution in [-0.2, 0) is 13.1 Å². The molecule has 20 heavy (non-hydrogen) atoms. The summed E-state index contributed by atoms with van der Waals surface area (Å²) in [6, 6.07) is 0. The number of aromatic nitrogens is 2. The van der Waals surface area contributed by atoms with Crippen molar-refractivity contribution in [3.63, 3.8) is 0 Å². The first-order valence-corrected chi connectivity index (χ1v) is 7.54. The Bertz CT molecular complexity index is 500. The normalized spacial score (nSPS) is 19.2. The molecule has 1 aliphatic rings. The summed E-state index contributed by atoms with van der Waals surface area (Å²) in [7, 11) is 0. The Kier molecular flexibility index (Phi) is 4.39. The van der Waals surface area contributed by atoms with E-state index >= 15 is 0 Å². The van der Waals surface area contributed by atoms with Gasteiger partial charge in [0.15, 0.2) is 0 Å². The van der Waals surface area contributed by atoms with Crippen LogP contribution >= 0.6 is 11.6 Å². The summed E-state index contributed by atoms with van der Waals surface area (Å²) in [6.45, 7) is 9.65. The number of hydrogen-bond acceptors (Lipinski definition) is 3. The van der Waals surface area contributed by atoms with Gasteiger partial charge in [-0.2, -0.15) is 5.10 Å². The van der Waals surface area contributed by atoms with Gasteiger partial charge in [0.25, 0.3) is 0 Å². The van der Waals surface area contributed by atoms with Crippen LogP contribution < -0.4 is 5.73 Å². The van der Waals surface area contributed by atoms with Crippen molar-refractivity contribution in [2.24, 2.45) is 11.1 Å². The summed E-state index contributed by atoms with van der Waals surface area (Å²) in [5.41, 5.74) is 7.56. The number of hydrogen-bond donors (Lipinski definition) is 2. The standard InChI is InChI=1S/C14H24ClN5/c1-4-20-11(12(15)10(2)18-20)9-19-7-5-14(3,6-8-19)13(16)17/h4-9H2,1-3H3,(H3,16,17). The van der Waals surface area contributed by atoms with Crippen LogP contribution in [-0.4, -0.2) is 33.6 Å². The van der Waals surface area contributed by atoms with Crippen molar-refractivity contribution in [3.8, 4) is 0 Å². The monoisotopic (exact) mass is 297 g/mol. The molecule has 6 heteroatoms. The summed E-state index contributed by atoms with van der Waals surface area (Å²) in [6.07, 6.45) is 1.86. The van der Waals surface area contributed by atoms with E-state index in [1.807, 2.05) is 11.6 Å². The first kappa shape index (κ1) is 15.3. The summed E-state index contributed by atoms with van der Waals surface area (Å²) < 4.78 is 1.98. The van der Waals surface area contributed by atoms with Crippen LogP contribution in [0.1, 0.15) is 38.1 Å². The first-order valence-electron chi connectivity index (χ1n) is 7.16. The number of nitrogens with zero attached hydrogens (tertiary/aromatic N) is 3. The van der Waals surface area contributed by atoms with Crippen LogP contribution in [0.4, 0.5) is 0 Å². The fraction of sp³-hybridized carbons (Fsp3) is 0.714. The fourth-order valence-electron chi connectivity index (χ4n) is 2.71. The number of rotatable bonds is 4. The SMILES string of the molecule is CCn1nc(C)c(Cl)c1CN1CCC(C)(C(=N)N)CC1. The van der Waals surface area contributed by atoms with Gasteiger partial charge in [-0.05, 0) is 39.8 Å². The van der Waals surface area contributed by atoms with Gasteiger partial charge in [-0.25, -0.2) is 0 Å². The van der Waals surface area contributed by atoms with Gasteiger partial charge in [0.2, 0.25) is 0 Å². The zero-order valence-electron chi connectivity index (χ0n) is 12.5. The van der Waals surface area contributed by atoms with Crippen LogP contribution in [0.5, 0.6) is 0 Å². The van der Waals surface area contributed by atoms with E-state index in [2.05, 4.69) is 23.8 Å². The number of aryl methyl sites for hydroxylation is 2. The lowest BCUT2D eigenvalue weighted by atomic mass is 9.79. The Morgan fingerprint density at radius 2 is 2.05 bits per heavy atom. The van der Waals surface area contributed by atoms with Crippen molar-refractivity contribution in [2.75, 3.05) is 13.1 Å². The highest BCUT2D eigenvalue weighted by atomic mass is 35.5. The quantitative estimate of drug-likeness (QED) is 0.662. The van der Waals surface area contributed by atoms with E-state index in [4.69, 9.17) is 22.7 Å². The van der Waals surface area contributed by atoms with Crippen molar-refractivity contribution in [1.29, 1.82) is 5.41 Å². The second-order valence-electron chi connectivity index (χ2n) is 5.91. The van der Waals surface area contributed by atoms with Crippen molar-refractivity contribution in [2.45, 2.75) is 46.7 Å². The third kappa shape index (κ3) is 2.83. The van der Waals surface area contributed by atoms with Crippen LogP contribution in [0.2, 0.25) is 5.02 Å². The predicted molar refractivity (Wildman–Crippen MR) is 82.2 cm³/mol. The molecule has 1 aromatic rings. The number of nitrogens with one attached hydrogen (secondary N) is 1. The molecular weight excluding hydrogens is 274 g/mol. The van der Waals surface area contributed by atoms with E-state index < -0.39 is 0 Å². The van der Waals surface area contributed by atoms with E-state index in [0.717, 1.165) is 55.4 Å². The minimum Gasteiger partial charge on any atom is -0.387 e. The second-order valence-corrected chi connectivity index (χ2v) is 6.29. The van der Waals surface area contributed by atoms with E-state index in [1.54, 1.807) is 0 Å². The van der Waals surface area contributed by atoms with Crippen LogP contribution in [0.25, 0.3) is 0 Å². The van der Waals surface area contributed by atoms with Crippen molar-refractivity contribution in [3.05, 3.63) is 16.4 Å². The number of amidine groups is 1. The van der Waals surface area contributed by atoms with Crippen molar-refractivity contribution < 1.29 is 0 Å². The maximum Gasteiger partial charge on any atom is 0.0966 e. The zero-order valence-corrected chi connectivity index (χ0v) is 13.3. The lowest BCUT2D eigenvalue weighted by molar-refractivity contribution is 0.152. The molecule has 1 saturated heterocycles. The molecule has 2 rings (SSSR count). The maximum atomic E-state index is 7.70. The van der Waals surface area contributed by atoms with Gasteiger partial charge < -0.3 is 5.73 Å². The molecule has 0 aromatic carbocycles. The highest BCUT2D eigenvalue weighted by molar-refractivity contribution is 6.31. The molecule has 0 unspecified atom stereocenters. The maximum absolute atomic E-state index is 7.70. The molecule has 0 amide bonds. The van der Waals surface area contributed by atoms with Crippen LogP contribution in [0, 0.1) is 17.7 Å². The Morgan fingerprint density at radius 1 is 1.45 bits per heavy atom. The number of likely N-dealkylation sites (tertiary alicyclic amines) is 1. The van der Waals surface area contributed by atoms with Crippen molar-refractivity contribution >= 4 is 17.4 Å². The lowest BCUT2D eigenvalue weighted by Crippen LogP contribution is -2.45. The fourth-order valence-corrected chi connectivity index (χ4v) is 2.90. The largest absolute Gasteiger partial charge is 0.387 e. The number of piperidine rings is 1. The Labute approximate surface area is 125 Å². The van der Waals surface area contributed by atoms with Crippen LogP contribution in [0.15, 0.2) is 0 Å². The highest BCUT2D eigenvalue weighted by Crippen LogP contribution is 2.32. The molecule has 0 aliphatic carbocycles. The molecule has 5 nitrogen and oxygen atoms in total. The van der Waals surface area contributed by atoms with E-state index in [0.29, 0.717) is 5.84 Å². The molecule has 0 atom stereocenters. The highest BCUT2D eigenvalue weighted by Gasteiger charge is 2.33. The molecule has 1 aliphatic heterocycles. The van der Waals surface area contributed by atoms with Crippen LogP contribution in [0.3, 0.4) is 0 Å². The zero-order chi connectivity index (χ0) is 14.9. The average molecular weight is 298 g/mol. The number of nitrogens with two attached hydrogens (primary N) is 1. The lowest BCUT2D eigenvalue weighted by Gasteiger charge is -2.38. The van der Waals surface area contributed by atoms with Gasteiger partial charge in [0.05, 0.1) is 22.2 Å². The van der Waals surface area contributed by atoms with E-state index in [1.165, 1.54) is 0 Å². The average Bonchev–Trinajstić information content (AvgIpc) is 2.69. The van der Waals surface area contributed by atoms with E-state index in [-0.39, 0.29) is 5.41 Å². The smallest absolute Gasteiger partial charge is 0.0966 e. The summed E-state index contributed by atoms with van der Waals surface area (Å²) >= 11 is 6.35. The molecule has 112 valence electrons. The molecule has 1 fully saturated rings. The Balaban J connectivity index is 2.05. The number of halogens is 1. The van der Waals surface area contributed by atoms with Gasteiger partial charge >= 0.3 is 0 Å². The summed E-state index contributed by atoms with van der Waals surface area (Å²) in [5.74, 6) is 0.310. The Hall–Kier alpha value is -1.07. The summed E-state index contributed by atoms with van der Waals surface area (Å²) in [5, 5.41) is 12.9. The molecule has 0 spiro atoms. The van der Waals surface area contributed by atoms with Gasteiger partial charge in [-0.15, -0.1) is 0 Å². The summed E-state index contributed by atoms with van der Waals surface area (Å²) in [4.78, 5) is 2.37. The third-order valence-corrected chi connectivity index (χ3v) is 4.93. The minimum absolute atomic E-state index is 0.138. The van der Waals surface area contributed by atoms with Gasteiger partial charge in [-0.1, -0.05) is 18.5 Å². The molecule has 3 N–H and O–H groups in total. The molecule has 0 saturated carbocycles. The van der Waals surface area contributed by atoms with Crippen molar-refractivity contribution in [1.82, 2.24) is 14.7 Å². The van der Waals surface area contributed by atoms with Gasteiger partial charge in [0, 0.05) is 18.5 Å². The molecule has 1 aromatic heterocycles. The minimum atomic E-state index is -0.138. The molecule has 2 heterocycles. The van der Waals surface area contributed by atoms with Gasteiger partial charge in [0.1, 0.15) is 0 Å². The topological polar surface area (TPSA) is 70.9 Å². The third-order valence-electron chi connectivity index (χ3n) is 4.44. The first-order chi connectivity index (χ1) is 9.37.